The monoisotopic (exact) mass is 211 g/mol. The normalized spacial score (nSPS) is 10.5. The largest absolute Gasteiger partial charge is 0.253 e. The van der Waals surface area contributed by atoms with Gasteiger partial charge in [0.2, 0.25) is 0 Å². The second-order valence-corrected chi connectivity index (χ2v) is 4.44. The van der Waals surface area contributed by atoms with E-state index in [1.165, 1.54) is 22.3 Å². The smallest absolute Gasteiger partial charge is 0.0710 e. The van der Waals surface area contributed by atoms with Crippen molar-refractivity contribution >= 4 is 0 Å². The molecule has 0 unspecified atom stereocenters. The van der Waals surface area contributed by atoms with Gasteiger partial charge in [-0.2, -0.15) is 0 Å². The molecule has 2 rings (SSSR count). The number of aryl methyl sites for hydroxylation is 4. The lowest BCUT2D eigenvalue weighted by Crippen LogP contribution is -1.93. The van der Waals surface area contributed by atoms with E-state index < -0.39 is 0 Å². The Kier molecular flexibility index (Phi) is 2.78. The van der Waals surface area contributed by atoms with Crippen LogP contribution in [0.5, 0.6) is 0 Å². The lowest BCUT2D eigenvalue weighted by Gasteiger charge is -2.11. The summed E-state index contributed by atoms with van der Waals surface area (Å²) in [7, 11) is 0. The summed E-state index contributed by atoms with van der Waals surface area (Å²) in [5.41, 5.74) is 7.33. The Morgan fingerprint density at radius 3 is 2.06 bits per heavy atom. The summed E-state index contributed by atoms with van der Waals surface area (Å²) in [6, 6.07) is 10.6. The molecule has 0 saturated heterocycles. The summed E-state index contributed by atoms with van der Waals surface area (Å²) in [5.74, 6) is 0. The summed E-state index contributed by atoms with van der Waals surface area (Å²) in [6.45, 7) is 8.47. The van der Waals surface area contributed by atoms with E-state index >= 15 is 0 Å². The molecular formula is C15H17N. The molecule has 82 valence electrons. The maximum absolute atomic E-state index is 4.59. The van der Waals surface area contributed by atoms with Crippen LogP contribution in [-0.2, 0) is 0 Å². The van der Waals surface area contributed by atoms with Crippen molar-refractivity contribution in [1.82, 2.24) is 4.98 Å². The van der Waals surface area contributed by atoms with Crippen molar-refractivity contribution in [1.29, 1.82) is 0 Å². The molecule has 0 aliphatic carbocycles. The molecule has 2 aromatic rings. The number of rotatable bonds is 1. The van der Waals surface area contributed by atoms with Crippen molar-refractivity contribution in [2.45, 2.75) is 27.7 Å². The summed E-state index contributed by atoms with van der Waals surface area (Å²) in [6.07, 6.45) is 0. The lowest BCUT2D eigenvalue weighted by atomic mass is 9.97. The second kappa shape index (κ2) is 4.09. The first-order chi connectivity index (χ1) is 7.58. The zero-order chi connectivity index (χ0) is 11.7. The zero-order valence-corrected chi connectivity index (χ0v) is 10.3. The Morgan fingerprint density at radius 2 is 1.50 bits per heavy atom. The van der Waals surface area contributed by atoms with Crippen LogP contribution in [0.3, 0.4) is 0 Å². The molecule has 0 aliphatic rings. The van der Waals surface area contributed by atoms with Gasteiger partial charge in [-0.15, -0.1) is 0 Å². The maximum atomic E-state index is 4.59. The van der Waals surface area contributed by atoms with E-state index in [2.05, 4.69) is 50.0 Å². The van der Waals surface area contributed by atoms with Gasteiger partial charge in [0.15, 0.2) is 0 Å². The van der Waals surface area contributed by atoms with E-state index in [9.17, 15) is 0 Å². The fourth-order valence-electron chi connectivity index (χ4n) is 2.27. The van der Waals surface area contributed by atoms with Gasteiger partial charge in [0.1, 0.15) is 0 Å². The number of hydrogen-bond donors (Lipinski definition) is 0. The average molecular weight is 211 g/mol. The van der Waals surface area contributed by atoms with Gasteiger partial charge in [0.05, 0.1) is 5.69 Å². The first-order valence-electron chi connectivity index (χ1n) is 5.60. The molecule has 0 bridgehead atoms. The van der Waals surface area contributed by atoms with Crippen LogP contribution in [0, 0.1) is 27.7 Å². The highest BCUT2D eigenvalue weighted by molar-refractivity contribution is 5.68. The van der Waals surface area contributed by atoms with Crippen LogP contribution in [0.25, 0.3) is 11.3 Å². The standard InChI is InChI=1S/C15H17N/c1-10-8-11(2)15(12(3)9-10)14-7-5-6-13(4)16-14/h5-9H,1-4H3. The highest BCUT2D eigenvalue weighted by Gasteiger charge is 2.07. The summed E-state index contributed by atoms with van der Waals surface area (Å²) in [4.78, 5) is 4.59. The molecule has 1 heteroatoms. The van der Waals surface area contributed by atoms with E-state index in [0.29, 0.717) is 0 Å². The Morgan fingerprint density at radius 1 is 0.875 bits per heavy atom. The van der Waals surface area contributed by atoms with E-state index in [1.54, 1.807) is 0 Å². The van der Waals surface area contributed by atoms with Crippen molar-refractivity contribution in [3.8, 4) is 11.3 Å². The Balaban J connectivity index is 2.64. The van der Waals surface area contributed by atoms with Crippen molar-refractivity contribution < 1.29 is 0 Å². The first-order valence-corrected chi connectivity index (χ1v) is 5.60. The molecule has 0 amide bonds. The molecule has 0 N–H and O–H groups in total. The van der Waals surface area contributed by atoms with E-state index in [-0.39, 0.29) is 0 Å². The zero-order valence-electron chi connectivity index (χ0n) is 10.3. The molecule has 0 fully saturated rings. The molecule has 1 aromatic carbocycles. The number of hydrogen-bond acceptors (Lipinski definition) is 1. The highest BCUT2D eigenvalue weighted by Crippen LogP contribution is 2.26. The quantitative estimate of drug-likeness (QED) is 0.695. The maximum Gasteiger partial charge on any atom is 0.0710 e. The number of pyridine rings is 1. The minimum absolute atomic E-state index is 1.07. The Labute approximate surface area is 97.2 Å². The molecule has 0 saturated carbocycles. The van der Waals surface area contributed by atoms with Gasteiger partial charge in [0.25, 0.3) is 0 Å². The third-order valence-corrected chi connectivity index (χ3v) is 2.82. The van der Waals surface area contributed by atoms with Gasteiger partial charge in [-0.3, -0.25) is 4.98 Å². The minimum Gasteiger partial charge on any atom is -0.253 e. The predicted molar refractivity (Wildman–Crippen MR) is 68.6 cm³/mol. The van der Waals surface area contributed by atoms with Crippen LogP contribution in [0.1, 0.15) is 22.4 Å². The first kappa shape index (κ1) is 10.9. The third-order valence-electron chi connectivity index (χ3n) is 2.82. The van der Waals surface area contributed by atoms with Crippen LogP contribution < -0.4 is 0 Å². The highest BCUT2D eigenvalue weighted by atomic mass is 14.7. The van der Waals surface area contributed by atoms with Crippen molar-refractivity contribution in [3.63, 3.8) is 0 Å². The summed E-state index contributed by atoms with van der Waals surface area (Å²) >= 11 is 0. The van der Waals surface area contributed by atoms with Crippen molar-refractivity contribution in [3.05, 3.63) is 52.7 Å². The summed E-state index contributed by atoms with van der Waals surface area (Å²) < 4.78 is 0. The van der Waals surface area contributed by atoms with E-state index in [4.69, 9.17) is 0 Å². The van der Waals surface area contributed by atoms with Gasteiger partial charge < -0.3 is 0 Å². The van der Waals surface area contributed by atoms with Crippen molar-refractivity contribution in [2.75, 3.05) is 0 Å². The Bertz CT molecular complexity index is 504. The van der Waals surface area contributed by atoms with Crippen LogP contribution in [0.4, 0.5) is 0 Å². The van der Waals surface area contributed by atoms with Gasteiger partial charge in [-0.25, -0.2) is 0 Å². The molecule has 0 aliphatic heterocycles. The minimum atomic E-state index is 1.07. The molecule has 1 aromatic heterocycles. The molecular weight excluding hydrogens is 194 g/mol. The molecule has 1 nitrogen and oxygen atoms in total. The molecule has 1 heterocycles. The Hall–Kier alpha value is -1.63. The predicted octanol–water partition coefficient (Wildman–Crippen LogP) is 3.98. The SMILES string of the molecule is Cc1cc(C)c(-c2cccc(C)n2)c(C)c1. The topological polar surface area (TPSA) is 12.9 Å². The molecule has 0 spiro atoms. The van der Waals surface area contributed by atoms with E-state index in [1.807, 2.05) is 13.0 Å². The number of nitrogens with zero attached hydrogens (tertiary/aromatic N) is 1. The van der Waals surface area contributed by atoms with Gasteiger partial charge in [-0.05, 0) is 51.0 Å². The molecule has 16 heavy (non-hydrogen) atoms. The van der Waals surface area contributed by atoms with Crippen LogP contribution in [-0.4, -0.2) is 4.98 Å². The van der Waals surface area contributed by atoms with Crippen molar-refractivity contribution in [2.24, 2.45) is 0 Å². The van der Waals surface area contributed by atoms with Gasteiger partial charge in [0, 0.05) is 11.3 Å². The van der Waals surface area contributed by atoms with Crippen LogP contribution >= 0.6 is 0 Å². The lowest BCUT2D eigenvalue weighted by molar-refractivity contribution is 1.19. The fraction of sp³-hybridized carbons (Fsp3) is 0.267. The number of benzene rings is 1. The van der Waals surface area contributed by atoms with Gasteiger partial charge >= 0.3 is 0 Å². The van der Waals surface area contributed by atoms with Crippen LogP contribution in [0.15, 0.2) is 30.3 Å². The second-order valence-electron chi connectivity index (χ2n) is 4.44. The fourth-order valence-corrected chi connectivity index (χ4v) is 2.27. The van der Waals surface area contributed by atoms with Gasteiger partial charge in [-0.1, -0.05) is 23.8 Å². The average Bonchev–Trinajstić information content (AvgIpc) is 2.15. The van der Waals surface area contributed by atoms with E-state index in [0.717, 1.165) is 11.4 Å². The molecule has 0 radical (unpaired) electrons. The molecule has 0 atom stereocenters. The van der Waals surface area contributed by atoms with Crippen LogP contribution in [0.2, 0.25) is 0 Å². The third kappa shape index (κ3) is 1.99. The summed E-state index contributed by atoms with van der Waals surface area (Å²) in [5, 5.41) is 0. The number of aromatic nitrogens is 1.